The van der Waals surface area contributed by atoms with E-state index in [4.69, 9.17) is 0 Å². The topological polar surface area (TPSA) is 20.3 Å². The first-order valence-electron chi connectivity index (χ1n) is 3.59. The van der Waals surface area contributed by atoms with Crippen molar-refractivity contribution in [2.75, 3.05) is 19.6 Å². The molecule has 9 heavy (non-hydrogen) atoms. The van der Waals surface area contributed by atoms with Crippen LogP contribution >= 0.6 is 0 Å². The van der Waals surface area contributed by atoms with Gasteiger partial charge in [-0.05, 0) is 32.5 Å². The number of rotatable bonds is 4. The molecule has 1 aliphatic rings. The number of hydrogen-bond donors (Lipinski definition) is 0. The first-order valence-corrected chi connectivity index (χ1v) is 3.59. The number of likely N-dealkylation sites (tertiary alicyclic amines) is 1. The third kappa shape index (κ3) is 2.14. The second-order valence-electron chi connectivity index (χ2n) is 2.50. The molecule has 1 fully saturated rings. The van der Waals surface area contributed by atoms with Crippen molar-refractivity contribution in [3.8, 4) is 0 Å². The molecule has 0 unspecified atom stereocenters. The van der Waals surface area contributed by atoms with Crippen LogP contribution < -0.4 is 0 Å². The van der Waals surface area contributed by atoms with Crippen molar-refractivity contribution >= 4 is 6.29 Å². The Hall–Kier alpha value is -0.370. The van der Waals surface area contributed by atoms with E-state index < -0.39 is 0 Å². The van der Waals surface area contributed by atoms with Gasteiger partial charge in [-0.2, -0.15) is 0 Å². The van der Waals surface area contributed by atoms with E-state index in [9.17, 15) is 4.79 Å². The molecule has 52 valence electrons. The number of hydrogen-bond acceptors (Lipinski definition) is 2. The maximum absolute atomic E-state index is 9.87. The molecule has 0 bridgehead atoms. The average Bonchev–Trinajstić information content (AvgIpc) is 1.76. The molecule has 0 saturated carbocycles. The van der Waals surface area contributed by atoms with Crippen LogP contribution in [0.5, 0.6) is 0 Å². The van der Waals surface area contributed by atoms with E-state index in [2.05, 4.69) is 4.90 Å². The molecule has 2 nitrogen and oxygen atoms in total. The van der Waals surface area contributed by atoms with Gasteiger partial charge in [0.1, 0.15) is 6.29 Å². The van der Waals surface area contributed by atoms with Gasteiger partial charge in [0.15, 0.2) is 0 Å². The lowest BCUT2D eigenvalue weighted by molar-refractivity contribution is -0.108. The fourth-order valence-corrected chi connectivity index (χ4v) is 1.00. The van der Waals surface area contributed by atoms with Crippen molar-refractivity contribution in [3.63, 3.8) is 0 Å². The SMILES string of the molecule is O=CCCCN1CCC1. The quantitative estimate of drug-likeness (QED) is 0.408. The van der Waals surface area contributed by atoms with E-state index in [1.807, 2.05) is 0 Å². The van der Waals surface area contributed by atoms with Gasteiger partial charge in [0.05, 0.1) is 0 Å². The van der Waals surface area contributed by atoms with E-state index in [0.29, 0.717) is 0 Å². The Morgan fingerprint density at radius 3 is 2.67 bits per heavy atom. The van der Waals surface area contributed by atoms with Gasteiger partial charge in [-0.25, -0.2) is 0 Å². The minimum atomic E-state index is 0.733. The third-order valence-corrected chi connectivity index (χ3v) is 1.75. The molecule has 1 heterocycles. The van der Waals surface area contributed by atoms with E-state index in [1.54, 1.807) is 0 Å². The maximum Gasteiger partial charge on any atom is 0.120 e. The molecular weight excluding hydrogens is 114 g/mol. The van der Waals surface area contributed by atoms with E-state index in [0.717, 1.165) is 25.7 Å². The molecule has 1 aliphatic heterocycles. The summed E-state index contributed by atoms with van der Waals surface area (Å²) in [5.74, 6) is 0. The smallest absolute Gasteiger partial charge is 0.120 e. The van der Waals surface area contributed by atoms with E-state index >= 15 is 0 Å². The molecule has 0 aromatic rings. The number of nitrogens with zero attached hydrogens (tertiary/aromatic N) is 1. The summed E-state index contributed by atoms with van der Waals surface area (Å²) < 4.78 is 0. The number of carbonyl (C=O) groups is 1. The van der Waals surface area contributed by atoms with Crippen molar-refractivity contribution < 1.29 is 4.79 Å². The second kappa shape index (κ2) is 3.62. The first kappa shape index (κ1) is 6.75. The second-order valence-corrected chi connectivity index (χ2v) is 2.50. The summed E-state index contributed by atoms with van der Waals surface area (Å²) in [7, 11) is 0. The molecule has 1 saturated heterocycles. The molecule has 0 N–H and O–H groups in total. The Morgan fingerprint density at radius 1 is 1.44 bits per heavy atom. The Balaban J connectivity index is 1.85. The Morgan fingerprint density at radius 2 is 2.22 bits per heavy atom. The van der Waals surface area contributed by atoms with Crippen LogP contribution in [0.15, 0.2) is 0 Å². The van der Waals surface area contributed by atoms with E-state index in [-0.39, 0.29) is 0 Å². The van der Waals surface area contributed by atoms with Crippen LogP contribution in [0.2, 0.25) is 0 Å². The van der Waals surface area contributed by atoms with Crippen LogP contribution in [0, 0.1) is 0 Å². The van der Waals surface area contributed by atoms with Gasteiger partial charge in [-0.1, -0.05) is 0 Å². The molecule has 0 atom stereocenters. The van der Waals surface area contributed by atoms with Gasteiger partial charge in [-0.15, -0.1) is 0 Å². The van der Waals surface area contributed by atoms with E-state index in [1.165, 1.54) is 19.5 Å². The molecule has 0 spiro atoms. The van der Waals surface area contributed by atoms with Gasteiger partial charge >= 0.3 is 0 Å². The van der Waals surface area contributed by atoms with Crippen LogP contribution in [0.1, 0.15) is 19.3 Å². The van der Waals surface area contributed by atoms with Crippen LogP contribution in [-0.2, 0) is 4.79 Å². The fraction of sp³-hybridized carbons (Fsp3) is 0.857. The number of unbranched alkanes of at least 4 members (excludes halogenated alkanes) is 1. The molecule has 0 aromatic carbocycles. The fourth-order valence-electron chi connectivity index (χ4n) is 1.00. The molecule has 0 radical (unpaired) electrons. The van der Waals surface area contributed by atoms with Crippen LogP contribution in [0.25, 0.3) is 0 Å². The normalized spacial score (nSPS) is 19.1. The Bertz CT molecular complexity index is 88.9. The van der Waals surface area contributed by atoms with Crippen molar-refractivity contribution in [1.82, 2.24) is 4.90 Å². The molecule has 0 aromatic heterocycles. The van der Waals surface area contributed by atoms with Crippen molar-refractivity contribution in [2.45, 2.75) is 19.3 Å². The Kier molecular flexibility index (Phi) is 2.71. The lowest BCUT2D eigenvalue weighted by Gasteiger charge is -2.30. The van der Waals surface area contributed by atoms with Crippen molar-refractivity contribution in [2.24, 2.45) is 0 Å². The van der Waals surface area contributed by atoms with Crippen LogP contribution in [0.3, 0.4) is 0 Å². The number of aldehydes is 1. The average molecular weight is 127 g/mol. The Labute approximate surface area is 55.8 Å². The lowest BCUT2D eigenvalue weighted by atomic mass is 10.2. The monoisotopic (exact) mass is 127 g/mol. The van der Waals surface area contributed by atoms with Gasteiger partial charge in [0, 0.05) is 6.42 Å². The van der Waals surface area contributed by atoms with Crippen LogP contribution in [-0.4, -0.2) is 30.8 Å². The highest BCUT2D eigenvalue weighted by Crippen LogP contribution is 2.05. The highest BCUT2D eigenvalue weighted by Gasteiger charge is 2.11. The van der Waals surface area contributed by atoms with Gasteiger partial charge in [0.2, 0.25) is 0 Å². The summed E-state index contributed by atoms with van der Waals surface area (Å²) in [4.78, 5) is 12.3. The first-order chi connectivity index (χ1) is 4.43. The summed E-state index contributed by atoms with van der Waals surface area (Å²) in [6.07, 6.45) is 4.13. The zero-order chi connectivity index (χ0) is 6.53. The van der Waals surface area contributed by atoms with Gasteiger partial charge < -0.3 is 9.69 Å². The van der Waals surface area contributed by atoms with Crippen molar-refractivity contribution in [3.05, 3.63) is 0 Å². The van der Waals surface area contributed by atoms with Gasteiger partial charge in [-0.3, -0.25) is 0 Å². The molecule has 1 rings (SSSR count). The zero-order valence-corrected chi connectivity index (χ0v) is 5.68. The highest BCUT2D eigenvalue weighted by molar-refractivity contribution is 5.48. The predicted molar refractivity (Wildman–Crippen MR) is 36.4 cm³/mol. The van der Waals surface area contributed by atoms with Crippen LogP contribution in [0.4, 0.5) is 0 Å². The molecular formula is C7H13NO. The molecule has 0 amide bonds. The summed E-state index contributed by atoms with van der Waals surface area (Å²) in [6.45, 7) is 3.62. The predicted octanol–water partition coefficient (Wildman–Crippen LogP) is 0.671. The molecule has 2 heteroatoms. The maximum atomic E-state index is 9.87. The summed E-state index contributed by atoms with van der Waals surface area (Å²) in [5.41, 5.74) is 0. The minimum Gasteiger partial charge on any atom is -0.303 e. The summed E-state index contributed by atoms with van der Waals surface area (Å²) in [6, 6.07) is 0. The highest BCUT2D eigenvalue weighted by atomic mass is 16.1. The number of carbonyl (C=O) groups excluding carboxylic acids is 1. The van der Waals surface area contributed by atoms with Gasteiger partial charge in [0.25, 0.3) is 0 Å². The lowest BCUT2D eigenvalue weighted by Crippen LogP contribution is -2.37. The van der Waals surface area contributed by atoms with Crippen molar-refractivity contribution in [1.29, 1.82) is 0 Å². The summed E-state index contributed by atoms with van der Waals surface area (Å²) in [5, 5.41) is 0. The zero-order valence-electron chi connectivity index (χ0n) is 5.68. The third-order valence-electron chi connectivity index (χ3n) is 1.75. The summed E-state index contributed by atoms with van der Waals surface area (Å²) >= 11 is 0. The molecule has 0 aliphatic carbocycles. The standard InChI is InChI=1S/C7H13NO/c9-7-2-1-4-8-5-3-6-8/h7H,1-6H2. The largest absolute Gasteiger partial charge is 0.303 e. The minimum absolute atomic E-state index is 0.733.